The summed E-state index contributed by atoms with van der Waals surface area (Å²) in [4.78, 5) is 4.47. The first-order chi connectivity index (χ1) is 10.2. The molecule has 0 aliphatic heterocycles. The summed E-state index contributed by atoms with van der Waals surface area (Å²) in [6, 6.07) is 12.6. The largest absolute Gasteiger partial charge is 0.497 e. The van der Waals surface area contributed by atoms with E-state index in [9.17, 15) is 0 Å². The molecule has 1 unspecified atom stereocenters. The Morgan fingerprint density at radius 1 is 1.19 bits per heavy atom. The zero-order valence-electron chi connectivity index (χ0n) is 12.5. The highest BCUT2D eigenvalue weighted by Gasteiger charge is 2.12. The number of hydrogen-bond donors (Lipinski definition) is 1. The quantitative estimate of drug-likeness (QED) is 0.816. The summed E-state index contributed by atoms with van der Waals surface area (Å²) in [6.45, 7) is 3.17. The van der Waals surface area contributed by atoms with Gasteiger partial charge < -0.3 is 10.1 Å². The van der Waals surface area contributed by atoms with Crippen LogP contribution in [-0.2, 0) is 6.42 Å². The Bertz CT molecular complexity index is 540. The summed E-state index contributed by atoms with van der Waals surface area (Å²) in [7, 11) is 1.69. The summed E-state index contributed by atoms with van der Waals surface area (Å²) in [5.74, 6) is 0.884. The molecule has 1 heterocycles. The number of benzene rings is 1. The van der Waals surface area contributed by atoms with Crippen LogP contribution >= 0.6 is 15.9 Å². The molecule has 0 aliphatic rings. The number of ether oxygens (including phenoxy) is 1. The molecule has 1 aromatic heterocycles. The summed E-state index contributed by atoms with van der Waals surface area (Å²) in [6.07, 6.45) is 3.83. The average molecular weight is 349 g/mol. The van der Waals surface area contributed by atoms with Crippen molar-refractivity contribution in [3.05, 3.63) is 58.3 Å². The summed E-state index contributed by atoms with van der Waals surface area (Å²) in [5.41, 5.74) is 2.34. The second-order valence-corrected chi connectivity index (χ2v) is 5.87. The maximum atomic E-state index is 5.22. The van der Waals surface area contributed by atoms with Crippen LogP contribution in [0.2, 0.25) is 0 Å². The fourth-order valence-electron chi connectivity index (χ4n) is 2.20. The first-order valence-electron chi connectivity index (χ1n) is 7.20. The Morgan fingerprint density at radius 2 is 1.95 bits per heavy atom. The Labute approximate surface area is 134 Å². The van der Waals surface area contributed by atoms with E-state index in [4.69, 9.17) is 4.74 Å². The van der Waals surface area contributed by atoms with Crippen molar-refractivity contribution in [3.63, 3.8) is 0 Å². The molecule has 21 heavy (non-hydrogen) atoms. The number of halogens is 1. The Morgan fingerprint density at radius 3 is 2.52 bits per heavy atom. The summed E-state index contributed by atoms with van der Waals surface area (Å²) < 4.78 is 6.23. The predicted molar refractivity (Wildman–Crippen MR) is 89.7 cm³/mol. The minimum atomic E-state index is 0.268. The van der Waals surface area contributed by atoms with Gasteiger partial charge in [0.05, 0.1) is 7.11 Å². The van der Waals surface area contributed by atoms with Crippen LogP contribution in [0.4, 0.5) is 0 Å². The summed E-state index contributed by atoms with van der Waals surface area (Å²) >= 11 is 3.42. The number of methoxy groups -OCH3 is 1. The molecule has 0 amide bonds. The van der Waals surface area contributed by atoms with Gasteiger partial charge in [0.2, 0.25) is 0 Å². The maximum Gasteiger partial charge on any atom is 0.118 e. The average Bonchev–Trinajstić information content (AvgIpc) is 2.53. The number of hydrogen-bond acceptors (Lipinski definition) is 3. The number of pyridine rings is 1. The number of aromatic nitrogens is 1. The van der Waals surface area contributed by atoms with Crippen molar-refractivity contribution in [2.45, 2.75) is 25.8 Å². The van der Waals surface area contributed by atoms with Crippen molar-refractivity contribution in [1.29, 1.82) is 0 Å². The van der Waals surface area contributed by atoms with Crippen LogP contribution in [0.15, 0.2) is 47.1 Å². The molecule has 0 spiro atoms. The molecule has 3 nitrogen and oxygen atoms in total. The third kappa shape index (κ3) is 4.83. The third-order valence-corrected chi connectivity index (χ3v) is 3.83. The maximum absolute atomic E-state index is 5.22. The van der Waals surface area contributed by atoms with Gasteiger partial charge in [-0.25, -0.2) is 0 Å². The fraction of sp³-hybridized carbons (Fsp3) is 0.353. The minimum Gasteiger partial charge on any atom is -0.497 e. The van der Waals surface area contributed by atoms with Gasteiger partial charge in [-0.05, 0) is 58.7 Å². The van der Waals surface area contributed by atoms with E-state index in [0.29, 0.717) is 0 Å². The van der Waals surface area contributed by atoms with Gasteiger partial charge in [0.25, 0.3) is 0 Å². The lowest BCUT2D eigenvalue weighted by molar-refractivity contribution is 0.414. The molecular weight excluding hydrogens is 328 g/mol. The zero-order chi connectivity index (χ0) is 15.1. The van der Waals surface area contributed by atoms with Gasteiger partial charge in [-0.3, -0.25) is 4.98 Å². The van der Waals surface area contributed by atoms with Gasteiger partial charge in [-0.15, -0.1) is 0 Å². The number of nitrogens with one attached hydrogen (secondary N) is 1. The molecule has 0 saturated carbocycles. The van der Waals surface area contributed by atoms with Gasteiger partial charge in [0, 0.05) is 28.8 Å². The van der Waals surface area contributed by atoms with E-state index < -0.39 is 0 Å². The highest BCUT2D eigenvalue weighted by Crippen LogP contribution is 2.21. The molecule has 0 aliphatic carbocycles. The monoisotopic (exact) mass is 348 g/mol. The van der Waals surface area contributed by atoms with E-state index in [1.165, 1.54) is 5.56 Å². The van der Waals surface area contributed by atoms with Gasteiger partial charge in [0.15, 0.2) is 0 Å². The van der Waals surface area contributed by atoms with Crippen LogP contribution < -0.4 is 10.1 Å². The fourth-order valence-corrected chi connectivity index (χ4v) is 2.43. The van der Waals surface area contributed by atoms with Crippen molar-refractivity contribution >= 4 is 15.9 Å². The highest BCUT2D eigenvalue weighted by atomic mass is 79.9. The Balaban J connectivity index is 2.14. The lowest BCUT2D eigenvalue weighted by atomic mass is 10.0. The molecule has 0 bridgehead atoms. The second kappa shape index (κ2) is 8.15. The van der Waals surface area contributed by atoms with Crippen molar-refractivity contribution in [3.8, 4) is 5.75 Å². The molecular formula is C17H21BrN2O. The van der Waals surface area contributed by atoms with Crippen molar-refractivity contribution in [2.24, 2.45) is 0 Å². The number of nitrogens with zero attached hydrogens (tertiary/aromatic N) is 1. The van der Waals surface area contributed by atoms with Gasteiger partial charge in [-0.1, -0.05) is 19.1 Å². The highest BCUT2D eigenvalue weighted by molar-refractivity contribution is 9.10. The molecule has 1 aromatic carbocycles. The Kier molecular flexibility index (Phi) is 6.21. The van der Waals surface area contributed by atoms with E-state index in [-0.39, 0.29) is 6.04 Å². The van der Waals surface area contributed by atoms with E-state index in [1.54, 1.807) is 7.11 Å². The first-order valence-corrected chi connectivity index (χ1v) is 8.00. The van der Waals surface area contributed by atoms with Crippen LogP contribution in [0.5, 0.6) is 5.75 Å². The molecule has 2 rings (SSSR count). The smallest absolute Gasteiger partial charge is 0.118 e. The van der Waals surface area contributed by atoms with Crippen LogP contribution in [0.3, 0.4) is 0 Å². The van der Waals surface area contributed by atoms with E-state index in [0.717, 1.165) is 35.3 Å². The summed E-state index contributed by atoms with van der Waals surface area (Å²) in [5, 5.41) is 3.59. The molecule has 0 radical (unpaired) electrons. The van der Waals surface area contributed by atoms with Crippen molar-refractivity contribution in [2.75, 3.05) is 13.7 Å². The molecule has 0 saturated heterocycles. The van der Waals surface area contributed by atoms with Crippen LogP contribution in [0, 0.1) is 0 Å². The second-order valence-electron chi connectivity index (χ2n) is 4.95. The predicted octanol–water partition coefficient (Wildman–Crippen LogP) is 4.14. The molecule has 112 valence electrons. The SMILES string of the molecule is CCCNC(Cc1ccc(Br)cn1)c1ccc(OC)cc1. The van der Waals surface area contributed by atoms with Crippen LogP contribution in [0.25, 0.3) is 0 Å². The van der Waals surface area contributed by atoms with E-state index in [2.05, 4.69) is 51.4 Å². The topological polar surface area (TPSA) is 34.2 Å². The lowest BCUT2D eigenvalue weighted by Gasteiger charge is -2.19. The van der Waals surface area contributed by atoms with Crippen LogP contribution in [0.1, 0.15) is 30.6 Å². The molecule has 2 aromatic rings. The van der Waals surface area contributed by atoms with Gasteiger partial charge in [0.1, 0.15) is 5.75 Å². The van der Waals surface area contributed by atoms with Gasteiger partial charge in [-0.2, -0.15) is 0 Å². The molecule has 1 N–H and O–H groups in total. The van der Waals surface area contributed by atoms with E-state index >= 15 is 0 Å². The van der Waals surface area contributed by atoms with E-state index in [1.807, 2.05) is 24.4 Å². The molecule has 4 heteroatoms. The minimum absolute atomic E-state index is 0.268. The zero-order valence-corrected chi connectivity index (χ0v) is 14.1. The van der Waals surface area contributed by atoms with Crippen molar-refractivity contribution in [1.82, 2.24) is 10.3 Å². The Hall–Kier alpha value is -1.39. The third-order valence-electron chi connectivity index (χ3n) is 3.36. The lowest BCUT2D eigenvalue weighted by Crippen LogP contribution is -2.24. The van der Waals surface area contributed by atoms with Gasteiger partial charge >= 0.3 is 0 Å². The number of rotatable bonds is 7. The molecule has 1 atom stereocenters. The first kappa shape index (κ1) is 16.0. The molecule has 0 fully saturated rings. The van der Waals surface area contributed by atoms with Crippen LogP contribution in [-0.4, -0.2) is 18.6 Å². The normalized spacial score (nSPS) is 12.1. The standard InChI is InChI=1S/C17H21BrN2O/c1-3-10-19-17(11-15-7-6-14(18)12-20-15)13-4-8-16(21-2)9-5-13/h4-9,12,17,19H,3,10-11H2,1-2H3. The van der Waals surface area contributed by atoms with Crippen molar-refractivity contribution < 1.29 is 4.74 Å².